The number of azide groups is 1. The fourth-order valence-corrected chi connectivity index (χ4v) is 5.49. The highest BCUT2D eigenvalue weighted by molar-refractivity contribution is 5.85. The summed E-state index contributed by atoms with van der Waals surface area (Å²) in [6.07, 6.45) is 1.64. The van der Waals surface area contributed by atoms with Gasteiger partial charge in [-0.25, -0.2) is 4.98 Å². The topological polar surface area (TPSA) is 122 Å². The van der Waals surface area contributed by atoms with E-state index in [1.165, 1.54) is 11.3 Å². The van der Waals surface area contributed by atoms with Crippen LogP contribution in [0.1, 0.15) is 30.4 Å². The highest BCUT2D eigenvalue weighted by Crippen LogP contribution is 2.32. The Morgan fingerprint density at radius 3 is 2.44 bits per heavy atom. The standard InChI is InChI=1S/C33H40N8O2/c1-23-20-27(21-24(2)32(23)43-19-4-6-31(42)35-13-5-14-36-39-34)33-37-29-12-9-26(22-30(29)38-33)25-7-10-28(11-8-25)41-17-15-40(3)16-18-41/h7-12,20-22H,4-6,13-19H2,1-3H3,(H,35,42)(H,37,38). The lowest BCUT2D eigenvalue weighted by atomic mass is 10.0. The van der Waals surface area contributed by atoms with Crippen molar-refractivity contribution in [3.8, 4) is 28.3 Å². The van der Waals surface area contributed by atoms with Gasteiger partial charge in [-0.2, -0.15) is 0 Å². The van der Waals surface area contributed by atoms with E-state index in [0.717, 1.165) is 71.0 Å². The van der Waals surface area contributed by atoms with Gasteiger partial charge in [0.05, 0.1) is 17.6 Å². The minimum atomic E-state index is -0.0240. The number of fused-ring (bicyclic) bond motifs is 1. The summed E-state index contributed by atoms with van der Waals surface area (Å²) in [6.45, 7) is 9.74. The van der Waals surface area contributed by atoms with Crippen molar-refractivity contribution in [1.82, 2.24) is 20.2 Å². The number of aromatic amines is 1. The SMILES string of the molecule is Cc1cc(-c2nc3ccc(-c4ccc(N5CCN(C)CC5)cc4)cc3[nH]2)cc(C)c1OCCCC(=O)NCCCN=[N+]=[N-]. The number of anilines is 1. The van der Waals surface area contributed by atoms with E-state index in [1.54, 1.807) is 0 Å². The molecule has 0 atom stereocenters. The molecule has 1 saturated heterocycles. The average molecular weight is 581 g/mol. The van der Waals surface area contributed by atoms with Gasteiger partial charge < -0.3 is 24.8 Å². The van der Waals surface area contributed by atoms with E-state index in [0.29, 0.717) is 39.0 Å². The Morgan fingerprint density at radius 2 is 1.72 bits per heavy atom. The van der Waals surface area contributed by atoms with E-state index < -0.39 is 0 Å². The van der Waals surface area contributed by atoms with Crippen LogP contribution in [0.4, 0.5) is 5.69 Å². The number of nitrogens with one attached hydrogen (secondary N) is 2. The summed E-state index contributed by atoms with van der Waals surface area (Å²) in [6, 6.07) is 19.4. The van der Waals surface area contributed by atoms with Gasteiger partial charge >= 0.3 is 0 Å². The van der Waals surface area contributed by atoms with Crippen molar-refractivity contribution < 1.29 is 9.53 Å². The van der Waals surface area contributed by atoms with Gasteiger partial charge in [-0.1, -0.05) is 23.3 Å². The van der Waals surface area contributed by atoms with Gasteiger partial charge in [-0.15, -0.1) is 0 Å². The van der Waals surface area contributed by atoms with E-state index in [4.69, 9.17) is 15.3 Å². The summed E-state index contributed by atoms with van der Waals surface area (Å²) in [5.74, 6) is 1.65. The molecule has 10 nitrogen and oxygen atoms in total. The average Bonchev–Trinajstić information content (AvgIpc) is 3.44. The quantitative estimate of drug-likeness (QED) is 0.0889. The van der Waals surface area contributed by atoms with Crippen molar-refractivity contribution >= 4 is 22.6 Å². The Bertz CT molecular complexity index is 1580. The van der Waals surface area contributed by atoms with Gasteiger partial charge in [0.25, 0.3) is 0 Å². The number of carbonyl (C=O) groups is 1. The number of imidazole rings is 1. The van der Waals surface area contributed by atoms with Gasteiger partial charge in [0, 0.05) is 61.9 Å². The lowest BCUT2D eigenvalue weighted by molar-refractivity contribution is -0.121. The van der Waals surface area contributed by atoms with Gasteiger partial charge in [-0.3, -0.25) is 4.79 Å². The maximum absolute atomic E-state index is 12.0. The van der Waals surface area contributed by atoms with Crippen LogP contribution in [-0.2, 0) is 4.79 Å². The van der Waals surface area contributed by atoms with Crippen molar-refractivity contribution in [2.24, 2.45) is 5.11 Å². The van der Waals surface area contributed by atoms with Crippen LogP contribution < -0.4 is 15.0 Å². The smallest absolute Gasteiger partial charge is 0.220 e. The number of hydrogen-bond acceptors (Lipinski definition) is 6. The molecule has 1 fully saturated rings. The van der Waals surface area contributed by atoms with E-state index in [2.05, 4.69) is 91.8 Å². The Kier molecular flexibility index (Phi) is 9.81. The number of likely N-dealkylation sites (N-methyl/N-ethyl adjacent to an activating group) is 1. The van der Waals surface area contributed by atoms with Crippen molar-refractivity contribution in [1.29, 1.82) is 0 Å². The van der Waals surface area contributed by atoms with E-state index in [-0.39, 0.29) is 5.91 Å². The molecule has 0 unspecified atom stereocenters. The van der Waals surface area contributed by atoms with Crippen molar-refractivity contribution in [3.63, 3.8) is 0 Å². The number of piperazine rings is 1. The molecule has 1 aliphatic heterocycles. The fourth-order valence-electron chi connectivity index (χ4n) is 5.49. The Labute approximate surface area is 252 Å². The van der Waals surface area contributed by atoms with Crippen LogP contribution in [0.2, 0.25) is 0 Å². The molecule has 3 aromatic carbocycles. The molecule has 0 saturated carbocycles. The zero-order chi connectivity index (χ0) is 30.2. The largest absolute Gasteiger partial charge is 0.493 e. The van der Waals surface area contributed by atoms with Crippen LogP contribution in [0.25, 0.3) is 44.0 Å². The van der Waals surface area contributed by atoms with E-state index in [9.17, 15) is 4.79 Å². The van der Waals surface area contributed by atoms with Crippen LogP contribution in [0, 0.1) is 13.8 Å². The molecule has 1 aliphatic rings. The first-order chi connectivity index (χ1) is 20.9. The number of hydrogen-bond donors (Lipinski definition) is 2. The van der Waals surface area contributed by atoms with E-state index in [1.807, 2.05) is 13.8 Å². The summed E-state index contributed by atoms with van der Waals surface area (Å²) in [5.41, 5.74) is 16.9. The molecule has 5 rings (SSSR count). The number of nitrogens with zero attached hydrogens (tertiary/aromatic N) is 6. The second kappa shape index (κ2) is 14.1. The fraction of sp³-hybridized carbons (Fsp3) is 0.394. The summed E-state index contributed by atoms with van der Waals surface area (Å²) < 4.78 is 6.07. The van der Waals surface area contributed by atoms with E-state index >= 15 is 0 Å². The first-order valence-electron chi connectivity index (χ1n) is 15.0. The molecular weight excluding hydrogens is 540 g/mol. The molecule has 1 aromatic heterocycles. The predicted octanol–water partition coefficient (Wildman–Crippen LogP) is 6.24. The number of ether oxygens (including phenoxy) is 1. The normalized spacial score (nSPS) is 13.6. The van der Waals surface area contributed by atoms with Crippen LogP contribution in [-0.4, -0.2) is 73.7 Å². The summed E-state index contributed by atoms with van der Waals surface area (Å²) in [5, 5.41) is 6.30. The van der Waals surface area contributed by atoms with Gasteiger partial charge in [-0.05, 0) is 97.9 Å². The first kappa shape index (κ1) is 29.9. The van der Waals surface area contributed by atoms with Gasteiger partial charge in [0.2, 0.25) is 5.91 Å². The summed E-state index contributed by atoms with van der Waals surface area (Å²) >= 11 is 0. The molecule has 0 bridgehead atoms. The molecule has 1 amide bonds. The lowest BCUT2D eigenvalue weighted by Crippen LogP contribution is -2.44. The highest BCUT2D eigenvalue weighted by Gasteiger charge is 2.15. The summed E-state index contributed by atoms with van der Waals surface area (Å²) in [4.78, 5) is 27.9. The number of benzene rings is 3. The highest BCUT2D eigenvalue weighted by atomic mass is 16.5. The van der Waals surface area contributed by atoms with Gasteiger partial charge in [0.15, 0.2) is 0 Å². The molecule has 224 valence electrons. The van der Waals surface area contributed by atoms with Crippen LogP contribution >= 0.6 is 0 Å². The third-order valence-electron chi connectivity index (χ3n) is 7.90. The van der Waals surface area contributed by atoms with Crippen molar-refractivity contribution in [3.05, 3.63) is 76.2 Å². The molecular formula is C33H40N8O2. The van der Waals surface area contributed by atoms with Crippen LogP contribution in [0.15, 0.2) is 59.7 Å². The molecule has 2 N–H and O–H groups in total. The number of carbonyl (C=O) groups excluding carboxylic acids is 1. The maximum Gasteiger partial charge on any atom is 0.220 e. The second-order valence-electron chi connectivity index (χ2n) is 11.2. The Morgan fingerprint density at radius 1 is 1.00 bits per heavy atom. The van der Waals surface area contributed by atoms with Crippen LogP contribution in [0.3, 0.4) is 0 Å². The number of aryl methyl sites for hydroxylation is 2. The molecule has 0 aliphatic carbocycles. The first-order valence-corrected chi connectivity index (χ1v) is 15.0. The third kappa shape index (κ3) is 7.66. The molecule has 0 radical (unpaired) electrons. The minimum Gasteiger partial charge on any atom is -0.493 e. The minimum absolute atomic E-state index is 0.0240. The molecule has 4 aromatic rings. The lowest BCUT2D eigenvalue weighted by Gasteiger charge is -2.34. The Hall–Kier alpha value is -4.53. The molecule has 0 spiro atoms. The number of rotatable bonds is 12. The van der Waals surface area contributed by atoms with Crippen LogP contribution in [0.5, 0.6) is 5.75 Å². The number of amides is 1. The number of aromatic nitrogens is 2. The molecule has 10 heteroatoms. The van der Waals surface area contributed by atoms with Crippen molar-refractivity contribution in [2.45, 2.75) is 33.1 Å². The van der Waals surface area contributed by atoms with Gasteiger partial charge in [0.1, 0.15) is 11.6 Å². The van der Waals surface area contributed by atoms with Crippen molar-refractivity contribution in [2.75, 3.05) is 57.8 Å². The molecule has 43 heavy (non-hydrogen) atoms. The second-order valence-corrected chi connectivity index (χ2v) is 11.2. The number of H-pyrrole nitrogens is 1. The Balaban J connectivity index is 1.20. The summed E-state index contributed by atoms with van der Waals surface area (Å²) in [7, 11) is 2.18. The molecule has 2 heterocycles. The predicted molar refractivity (Wildman–Crippen MR) is 173 cm³/mol. The zero-order valence-corrected chi connectivity index (χ0v) is 25.3. The monoisotopic (exact) mass is 580 g/mol. The zero-order valence-electron chi connectivity index (χ0n) is 25.3. The third-order valence-corrected chi connectivity index (χ3v) is 7.90. The maximum atomic E-state index is 12.0.